The van der Waals surface area contributed by atoms with Crippen LogP contribution in [-0.4, -0.2) is 26.5 Å². The second-order valence-corrected chi connectivity index (χ2v) is 8.10. The number of methoxy groups -OCH3 is 1. The Kier molecular flexibility index (Phi) is 6.17. The first kappa shape index (κ1) is 20.1. The molecule has 0 aliphatic carbocycles. The number of carbonyl (C=O) groups excluding carboxylic acids is 1. The molecule has 0 heterocycles. The highest BCUT2D eigenvalue weighted by molar-refractivity contribution is 7.95. The molecule has 0 spiro atoms. The van der Waals surface area contributed by atoms with E-state index in [1.165, 1.54) is 43.5 Å². The summed E-state index contributed by atoms with van der Waals surface area (Å²) < 4.78 is 30.2. The van der Waals surface area contributed by atoms with E-state index in [-0.39, 0.29) is 27.6 Å². The zero-order chi connectivity index (χ0) is 19.5. The van der Waals surface area contributed by atoms with Crippen molar-refractivity contribution in [1.29, 1.82) is 0 Å². The van der Waals surface area contributed by atoms with Crippen LogP contribution >= 0.6 is 23.2 Å². The third-order valence-electron chi connectivity index (χ3n) is 3.44. The number of hydrogen-bond acceptors (Lipinski definition) is 5. The molecule has 9 heteroatoms. The van der Waals surface area contributed by atoms with Crippen LogP contribution in [0.25, 0.3) is 6.08 Å². The summed E-state index contributed by atoms with van der Waals surface area (Å²) in [6.45, 7) is 0. The van der Waals surface area contributed by atoms with Crippen LogP contribution in [0.4, 0.5) is 0 Å². The van der Waals surface area contributed by atoms with Gasteiger partial charge in [-0.3, -0.25) is 4.79 Å². The zero-order valence-corrected chi connectivity index (χ0v) is 15.9. The van der Waals surface area contributed by atoms with E-state index >= 15 is 0 Å². The Morgan fingerprint density at radius 2 is 1.92 bits per heavy atom. The molecule has 0 saturated carbocycles. The van der Waals surface area contributed by atoms with Crippen molar-refractivity contribution in [2.75, 3.05) is 7.11 Å². The van der Waals surface area contributed by atoms with Crippen LogP contribution in [0.3, 0.4) is 0 Å². The minimum Gasteiger partial charge on any atom is -0.504 e. The monoisotopic (exact) mass is 415 g/mol. The van der Waals surface area contributed by atoms with E-state index in [0.717, 1.165) is 6.08 Å². The standard InChI is InChI=1S/C17H15Cl2NO5S/c1-25-15-5-2-10(6-14(15)21)7-16(17(20)22)26(23,24)9-11-3-4-12(18)8-13(11)19/h2-8,21H,9H2,1H3,(H2,20,22). The van der Waals surface area contributed by atoms with E-state index in [4.69, 9.17) is 33.7 Å². The summed E-state index contributed by atoms with van der Waals surface area (Å²) in [6, 6.07) is 8.53. The smallest absolute Gasteiger partial charge is 0.260 e. The van der Waals surface area contributed by atoms with Gasteiger partial charge in [0.1, 0.15) is 4.91 Å². The fourth-order valence-corrected chi connectivity index (χ4v) is 4.18. The lowest BCUT2D eigenvalue weighted by Gasteiger charge is -2.09. The van der Waals surface area contributed by atoms with Crippen molar-refractivity contribution >= 4 is 45.0 Å². The average Bonchev–Trinajstić information content (AvgIpc) is 2.55. The maximum Gasteiger partial charge on any atom is 0.260 e. The Hall–Kier alpha value is -2.22. The van der Waals surface area contributed by atoms with Crippen LogP contribution < -0.4 is 10.5 Å². The zero-order valence-electron chi connectivity index (χ0n) is 13.6. The molecule has 2 aromatic carbocycles. The molecule has 0 aliphatic rings. The van der Waals surface area contributed by atoms with Gasteiger partial charge in [0.25, 0.3) is 5.91 Å². The molecule has 0 unspecified atom stereocenters. The van der Waals surface area contributed by atoms with Crippen molar-refractivity contribution < 1.29 is 23.1 Å². The number of ether oxygens (including phenoxy) is 1. The molecule has 0 bridgehead atoms. The Morgan fingerprint density at radius 1 is 1.23 bits per heavy atom. The summed E-state index contributed by atoms with van der Waals surface area (Å²) in [7, 11) is -2.72. The van der Waals surface area contributed by atoms with Gasteiger partial charge in [-0.2, -0.15) is 0 Å². The quantitative estimate of drug-likeness (QED) is 0.704. The number of carbonyl (C=O) groups is 1. The highest BCUT2D eigenvalue weighted by Crippen LogP contribution is 2.29. The van der Waals surface area contributed by atoms with Crippen molar-refractivity contribution in [3.05, 3.63) is 62.5 Å². The Morgan fingerprint density at radius 3 is 2.46 bits per heavy atom. The molecule has 138 valence electrons. The summed E-state index contributed by atoms with van der Waals surface area (Å²) in [4.78, 5) is 11.1. The van der Waals surface area contributed by atoms with Crippen LogP contribution in [0.1, 0.15) is 11.1 Å². The molecule has 2 aromatic rings. The topological polar surface area (TPSA) is 107 Å². The number of halogens is 2. The second kappa shape index (κ2) is 7.99. The molecule has 0 fully saturated rings. The maximum absolute atomic E-state index is 12.6. The first-order chi connectivity index (χ1) is 12.1. The van der Waals surface area contributed by atoms with Crippen molar-refractivity contribution in [1.82, 2.24) is 0 Å². The van der Waals surface area contributed by atoms with Crippen molar-refractivity contribution in [2.45, 2.75) is 5.75 Å². The lowest BCUT2D eigenvalue weighted by molar-refractivity contribution is -0.113. The van der Waals surface area contributed by atoms with Gasteiger partial charge in [0.2, 0.25) is 0 Å². The lowest BCUT2D eigenvalue weighted by Crippen LogP contribution is -2.22. The van der Waals surface area contributed by atoms with Crippen molar-refractivity contribution in [3.8, 4) is 11.5 Å². The molecular weight excluding hydrogens is 401 g/mol. The molecular formula is C17H15Cl2NO5S. The van der Waals surface area contributed by atoms with Gasteiger partial charge in [-0.05, 0) is 41.5 Å². The number of rotatable bonds is 6. The van der Waals surface area contributed by atoms with Crippen LogP contribution in [0, 0.1) is 0 Å². The number of phenols is 1. The number of amides is 1. The van der Waals surface area contributed by atoms with Crippen LogP contribution in [0.15, 0.2) is 41.3 Å². The number of phenolic OH excluding ortho intramolecular Hbond substituents is 1. The third kappa shape index (κ3) is 4.69. The molecule has 26 heavy (non-hydrogen) atoms. The number of sulfone groups is 1. The molecule has 0 aliphatic heterocycles. The van der Waals surface area contributed by atoms with Crippen molar-refractivity contribution in [2.24, 2.45) is 5.73 Å². The molecule has 0 atom stereocenters. The fraction of sp³-hybridized carbons (Fsp3) is 0.118. The summed E-state index contributed by atoms with van der Waals surface area (Å²) in [5, 5.41) is 10.3. The average molecular weight is 416 g/mol. The van der Waals surface area contributed by atoms with E-state index < -0.39 is 26.4 Å². The van der Waals surface area contributed by atoms with E-state index in [0.29, 0.717) is 5.02 Å². The van der Waals surface area contributed by atoms with Gasteiger partial charge in [0.05, 0.1) is 12.9 Å². The van der Waals surface area contributed by atoms with Crippen LogP contribution in [-0.2, 0) is 20.4 Å². The van der Waals surface area contributed by atoms with E-state index in [1.54, 1.807) is 0 Å². The summed E-state index contributed by atoms with van der Waals surface area (Å²) in [5.74, 6) is -1.65. The molecule has 1 amide bonds. The van der Waals surface area contributed by atoms with Gasteiger partial charge in [0, 0.05) is 10.0 Å². The lowest BCUT2D eigenvalue weighted by atomic mass is 10.2. The number of nitrogens with two attached hydrogens (primary N) is 1. The molecule has 0 saturated heterocycles. The Bertz CT molecular complexity index is 987. The van der Waals surface area contributed by atoms with Gasteiger partial charge in [-0.25, -0.2) is 8.42 Å². The number of benzene rings is 2. The van der Waals surface area contributed by atoms with Gasteiger partial charge >= 0.3 is 0 Å². The molecule has 2 rings (SSSR count). The third-order valence-corrected chi connectivity index (χ3v) is 5.71. The largest absolute Gasteiger partial charge is 0.504 e. The van der Waals surface area contributed by atoms with E-state index in [1.807, 2.05) is 0 Å². The predicted octanol–water partition coefficient (Wildman–Crippen LogP) is 3.15. The van der Waals surface area contributed by atoms with Gasteiger partial charge in [-0.1, -0.05) is 35.3 Å². The van der Waals surface area contributed by atoms with Gasteiger partial charge in [0.15, 0.2) is 21.3 Å². The highest BCUT2D eigenvalue weighted by Gasteiger charge is 2.24. The second-order valence-electron chi connectivity index (χ2n) is 5.30. The molecule has 0 aromatic heterocycles. The molecule has 6 nitrogen and oxygen atoms in total. The molecule has 0 radical (unpaired) electrons. The molecule has 3 N–H and O–H groups in total. The van der Waals surface area contributed by atoms with Crippen LogP contribution in [0.2, 0.25) is 10.0 Å². The minimum atomic E-state index is -4.09. The summed E-state index contributed by atoms with van der Waals surface area (Å²) in [6.07, 6.45) is 1.08. The van der Waals surface area contributed by atoms with Gasteiger partial charge in [-0.15, -0.1) is 0 Å². The normalized spacial score (nSPS) is 12.0. The summed E-state index contributed by atoms with van der Waals surface area (Å²) in [5.41, 5.74) is 5.80. The first-order valence-corrected chi connectivity index (χ1v) is 9.60. The van der Waals surface area contributed by atoms with Crippen molar-refractivity contribution in [3.63, 3.8) is 0 Å². The fourth-order valence-electron chi connectivity index (χ4n) is 2.18. The predicted molar refractivity (Wildman–Crippen MR) is 101 cm³/mol. The minimum absolute atomic E-state index is 0.159. The van der Waals surface area contributed by atoms with E-state index in [2.05, 4.69) is 0 Å². The SMILES string of the molecule is COc1ccc(C=C(C(N)=O)S(=O)(=O)Cc2ccc(Cl)cc2Cl)cc1O. The maximum atomic E-state index is 12.6. The summed E-state index contributed by atoms with van der Waals surface area (Å²) >= 11 is 11.8. The number of aromatic hydroxyl groups is 1. The Labute approximate surface area is 160 Å². The highest BCUT2D eigenvalue weighted by atomic mass is 35.5. The first-order valence-electron chi connectivity index (χ1n) is 7.19. The number of hydrogen-bond donors (Lipinski definition) is 2. The van der Waals surface area contributed by atoms with E-state index in [9.17, 15) is 18.3 Å². The van der Waals surface area contributed by atoms with Gasteiger partial charge < -0.3 is 15.6 Å². The number of primary amides is 1. The Balaban J connectivity index is 2.44. The van der Waals surface area contributed by atoms with Crippen LogP contribution in [0.5, 0.6) is 11.5 Å².